The Morgan fingerprint density at radius 2 is 2.00 bits per heavy atom. The third-order valence-corrected chi connectivity index (χ3v) is 4.96. The smallest absolute Gasteiger partial charge is 0.407 e. The van der Waals surface area contributed by atoms with E-state index in [9.17, 15) is 19.2 Å². The fourth-order valence-electron chi connectivity index (χ4n) is 3.25. The van der Waals surface area contributed by atoms with E-state index in [-0.39, 0.29) is 44.3 Å². The Morgan fingerprint density at radius 3 is 2.72 bits per heavy atom. The van der Waals surface area contributed by atoms with Crippen molar-refractivity contribution in [3.63, 3.8) is 0 Å². The molecule has 0 aromatic carbocycles. The fraction of sp³-hybridized carbons (Fsp3) is 0.700. The minimum absolute atomic E-state index is 0.0193. The largest absolute Gasteiger partial charge is 0.447 e. The van der Waals surface area contributed by atoms with Crippen molar-refractivity contribution >= 4 is 23.6 Å². The number of hydrogen-bond acceptors (Lipinski definition) is 9. The molecule has 2 amide bonds. The number of aromatic nitrogens is 3. The second kappa shape index (κ2) is 12.9. The SMILES string of the molecule is COCCOCCOC(=O)NC(C(=O)CC1Cc2ncnn2CCNC(=O)C1=O)C(C)C. The van der Waals surface area contributed by atoms with Gasteiger partial charge in [-0.15, -0.1) is 0 Å². The van der Waals surface area contributed by atoms with Crippen LogP contribution in [0.15, 0.2) is 6.33 Å². The van der Waals surface area contributed by atoms with Crippen molar-refractivity contribution in [3.8, 4) is 0 Å². The molecular weight excluding hydrogens is 422 g/mol. The molecule has 1 aromatic heterocycles. The van der Waals surface area contributed by atoms with Crippen LogP contribution < -0.4 is 10.6 Å². The summed E-state index contributed by atoms with van der Waals surface area (Å²) < 4.78 is 16.7. The lowest BCUT2D eigenvalue weighted by atomic mass is 9.88. The average molecular weight is 453 g/mol. The number of ketones is 2. The summed E-state index contributed by atoms with van der Waals surface area (Å²) in [6, 6.07) is -0.877. The second-order valence-electron chi connectivity index (χ2n) is 7.70. The third-order valence-electron chi connectivity index (χ3n) is 4.96. The molecular formula is C20H31N5O7. The molecule has 1 aliphatic rings. The van der Waals surface area contributed by atoms with Gasteiger partial charge in [0.25, 0.3) is 5.91 Å². The minimum Gasteiger partial charge on any atom is -0.447 e. The first kappa shape index (κ1) is 25.4. The molecule has 2 rings (SSSR count). The molecule has 1 aromatic rings. The van der Waals surface area contributed by atoms with Crippen LogP contribution in [0, 0.1) is 11.8 Å². The number of Topliss-reactive ketones (excluding diaryl/α,β-unsaturated/α-hetero) is 2. The van der Waals surface area contributed by atoms with E-state index in [1.807, 2.05) is 0 Å². The van der Waals surface area contributed by atoms with E-state index in [4.69, 9.17) is 14.2 Å². The molecule has 0 bridgehead atoms. The minimum atomic E-state index is -0.906. The zero-order valence-electron chi connectivity index (χ0n) is 18.7. The Hall–Kier alpha value is -2.86. The number of rotatable bonds is 11. The highest BCUT2D eigenvalue weighted by Gasteiger charge is 2.34. The molecule has 2 heterocycles. The Kier molecular flexibility index (Phi) is 10.2. The van der Waals surface area contributed by atoms with E-state index in [2.05, 4.69) is 20.7 Å². The van der Waals surface area contributed by atoms with Crippen LogP contribution in [-0.4, -0.2) is 84.5 Å². The van der Waals surface area contributed by atoms with Gasteiger partial charge in [-0.3, -0.25) is 14.4 Å². The fourth-order valence-corrected chi connectivity index (χ4v) is 3.25. The van der Waals surface area contributed by atoms with Crippen molar-refractivity contribution in [1.82, 2.24) is 25.4 Å². The topological polar surface area (TPSA) is 151 Å². The number of nitrogens with one attached hydrogen (secondary N) is 2. The Balaban J connectivity index is 1.97. The lowest BCUT2D eigenvalue weighted by molar-refractivity contribution is -0.141. The highest BCUT2D eigenvalue weighted by Crippen LogP contribution is 2.17. The van der Waals surface area contributed by atoms with E-state index in [0.717, 1.165) is 0 Å². The first-order valence-electron chi connectivity index (χ1n) is 10.5. The summed E-state index contributed by atoms with van der Waals surface area (Å²) in [5.41, 5.74) is 0. The van der Waals surface area contributed by atoms with Gasteiger partial charge >= 0.3 is 6.09 Å². The molecule has 2 unspecified atom stereocenters. The number of hydrogen-bond donors (Lipinski definition) is 2. The molecule has 0 saturated carbocycles. The normalized spacial score (nSPS) is 17.6. The molecule has 0 aliphatic carbocycles. The summed E-state index contributed by atoms with van der Waals surface area (Å²) in [5, 5.41) is 9.17. The number of nitrogens with zero attached hydrogens (tertiary/aromatic N) is 3. The second-order valence-corrected chi connectivity index (χ2v) is 7.70. The van der Waals surface area contributed by atoms with Crippen molar-refractivity contribution in [2.24, 2.45) is 11.8 Å². The Morgan fingerprint density at radius 1 is 1.25 bits per heavy atom. The van der Waals surface area contributed by atoms with Gasteiger partial charge in [-0.25, -0.2) is 14.5 Å². The zero-order chi connectivity index (χ0) is 23.5. The van der Waals surface area contributed by atoms with Crippen LogP contribution in [0.2, 0.25) is 0 Å². The van der Waals surface area contributed by atoms with E-state index < -0.39 is 29.7 Å². The van der Waals surface area contributed by atoms with Crippen LogP contribution in [0.5, 0.6) is 0 Å². The third kappa shape index (κ3) is 7.68. The molecule has 0 fully saturated rings. The summed E-state index contributed by atoms with van der Waals surface area (Å²) in [6.07, 6.45) is 0.495. The van der Waals surface area contributed by atoms with E-state index >= 15 is 0 Å². The number of carbonyl (C=O) groups is 4. The zero-order valence-corrected chi connectivity index (χ0v) is 18.7. The summed E-state index contributed by atoms with van der Waals surface area (Å²) in [5.74, 6) is -2.43. The summed E-state index contributed by atoms with van der Waals surface area (Å²) in [4.78, 5) is 54.0. The standard InChI is InChI=1S/C20H31N5O7/c1-13(2)17(24-20(29)32-9-8-31-7-6-30-3)15(26)10-14-11-16-22-12-23-25(16)5-4-21-19(28)18(14)27/h12-14,17H,4-11H2,1-3H3,(H,21,28)(H,24,29). The van der Waals surface area contributed by atoms with Gasteiger partial charge in [0, 0.05) is 32.4 Å². The summed E-state index contributed by atoms with van der Waals surface area (Å²) in [7, 11) is 1.56. The predicted octanol–water partition coefficient (Wildman–Crippen LogP) is -0.491. The maximum atomic E-state index is 13.0. The lowest BCUT2D eigenvalue weighted by Gasteiger charge is -2.23. The number of methoxy groups -OCH3 is 1. The Labute approximate surface area is 186 Å². The van der Waals surface area contributed by atoms with E-state index in [1.54, 1.807) is 25.6 Å². The van der Waals surface area contributed by atoms with Gasteiger partial charge in [0.2, 0.25) is 5.78 Å². The maximum Gasteiger partial charge on any atom is 0.407 e. The van der Waals surface area contributed by atoms with Gasteiger partial charge < -0.3 is 24.8 Å². The van der Waals surface area contributed by atoms with Gasteiger partial charge in [0.15, 0.2) is 5.78 Å². The molecule has 2 N–H and O–H groups in total. The van der Waals surface area contributed by atoms with Crippen LogP contribution in [-0.2, 0) is 41.6 Å². The van der Waals surface area contributed by atoms with Gasteiger partial charge in [-0.2, -0.15) is 5.10 Å². The van der Waals surface area contributed by atoms with Crippen LogP contribution in [0.3, 0.4) is 0 Å². The van der Waals surface area contributed by atoms with Crippen molar-refractivity contribution in [2.75, 3.05) is 40.1 Å². The number of ether oxygens (including phenoxy) is 3. The first-order chi connectivity index (χ1) is 15.3. The van der Waals surface area contributed by atoms with Gasteiger partial charge in [-0.1, -0.05) is 13.8 Å². The molecule has 0 saturated heterocycles. The van der Waals surface area contributed by atoms with Crippen LogP contribution in [0.25, 0.3) is 0 Å². The van der Waals surface area contributed by atoms with Crippen LogP contribution >= 0.6 is 0 Å². The molecule has 178 valence electrons. The molecule has 1 aliphatic heterocycles. The van der Waals surface area contributed by atoms with Gasteiger partial charge in [0.1, 0.15) is 18.8 Å². The number of fused-ring (bicyclic) bond motifs is 1. The predicted molar refractivity (Wildman–Crippen MR) is 111 cm³/mol. The van der Waals surface area contributed by atoms with Gasteiger partial charge in [-0.05, 0) is 5.92 Å². The number of alkyl carbamates (subject to hydrolysis) is 1. The molecule has 32 heavy (non-hydrogen) atoms. The monoisotopic (exact) mass is 453 g/mol. The lowest BCUT2D eigenvalue weighted by Crippen LogP contribution is -2.46. The number of carbonyl (C=O) groups excluding carboxylic acids is 4. The summed E-state index contributed by atoms with van der Waals surface area (Å²) in [6.45, 7) is 5.19. The van der Waals surface area contributed by atoms with Crippen LogP contribution in [0.4, 0.5) is 4.79 Å². The molecule has 2 atom stereocenters. The first-order valence-corrected chi connectivity index (χ1v) is 10.5. The van der Waals surface area contributed by atoms with E-state index in [1.165, 1.54) is 6.33 Å². The van der Waals surface area contributed by atoms with Crippen molar-refractivity contribution < 1.29 is 33.4 Å². The molecule has 0 radical (unpaired) electrons. The van der Waals surface area contributed by atoms with Crippen molar-refractivity contribution in [1.29, 1.82) is 0 Å². The van der Waals surface area contributed by atoms with Gasteiger partial charge in [0.05, 0.1) is 32.4 Å². The molecule has 12 nitrogen and oxygen atoms in total. The molecule has 0 spiro atoms. The van der Waals surface area contributed by atoms with Crippen molar-refractivity contribution in [2.45, 2.75) is 39.3 Å². The Bertz CT molecular complexity index is 795. The van der Waals surface area contributed by atoms with E-state index in [0.29, 0.717) is 25.6 Å². The quantitative estimate of drug-likeness (QED) is 0.334. The summed E-state index contributed by atoms with van der Waals surface area (Å²) >= 11 is 0. The van der Waals surface area contributed by atoms with Crippen LogP contribution in [0.1, 0.15) is 26.1 Å². The average Bonchev–Trinajstić information content (AvgIpc) is 3.20. The highest BCUT2D eigenvalue weighted by atomic mass is 16.6. The molecule has 12 heteroatoms. The number of amides is 2. The highest BCUT2D eigenvalue weighted by molar-refractivity contribution is 6.37. The maximum absolute atomic E-state index is 13.0. The van der Waals surface area contributed by atoms with Crippen molar-refractivity contribution in [3.05, 3.63) is 12.2 Å².